The van der Waals surface area contributed by atoms with Gasteiger partial charge in [-0.3, -0.25) is 9.67 Å². The van der Waals surface area contributed by atoms with Crippen LogP contribution in [0, 0.1) is 0 Å². The van der Waals surface area contributed by atoms with Crippen LogP contribution in [0.25, 0.3) is 33.3 Å². The summed E-state index contributed by atoms with van der Waals surface area (Å²) in [6, 6.07) is 16.2. The van der Waals surface area contributed by atoms with Crippen LogP contribution < -0.4 is 4.74 Å². The van der Waals surface area contributed by atoms with Crippen molar-refractivity contribution in [3.05, 3.63) is 71.4 Å². The molecule has 148 valence electrons. The van der Waals surface area contributed by atoms with Gasteiger partial charge < -0.3 is 14.8 Å². The van der Waals surface area contributed by atoms with Crippen molar-refractivity contribution in [1.29, 1.82) is 0 Å². The summed E-state index contributed by atoms with van der Waals surface area (Å²) in [5.74, 6) is 0.101. The van der Waals surface area contributed by atoms with Crippen LogP contribution in [0.15, 0.2) is 60.8 Å². The summed E-state index contributed by atoms with van der Waals surface area (Å²) in [5, 5.41) is 15.5. The number of rotatable bonds is 4. The normalized spacial score (nSPS) is 11.3. The van der Waals surface area contributed by atoms with E-state index in [9.17, 15) is 9.90 Å². The van der Waals surface area contributed by atoms with Gasteiger partial charge in [-0.1, -0.05) is 35.9 Å². The minimum atomic E-state index is -1.01. The van der Waals surface area contributed by atoms with E-state index in [0.29, 0.717) is 38.8 Å². The average molecular weight is 419 g/mol. The summed E-state index contributed by atoms with van der Waals surface area (Å²) >= 11 is 6.23. The maximum absolute atomic E-state index is 11.5. The lowest BCUT2D eigenvalue weighted by Gasteiger charge is -2.07. The van der Waals surface area contributed by atoms with Crippen molar-refractivity contribution in [2.75, 3.05) is 0 Å². The molecule has 3 heterocycles. The molecule has 2 N–H and O–H groups in total. The number of H-pyrrole nitrogens is 1. The van der Waals surface area contributed by atoms with E-state index >= 15 is 0 Å². The predicted molar refractivity (Wildman–Crippen MR) is 114 cm³/mol. The van der Waals surface area contributed by atoms with Gasteiger partial charge in [-0.05, 0) is 30.3 Å². The summed E-state index contributed by atoms with van der Waals surface area (Å²) in [6.07, 6.45) is 1.49. The number of carboxylic acids is 1. The Labute approximate surface area is 175 Å². The van der Waals surface area contributed by atoms with E-state index in [1.54, 1.807) is 16.8 Å². The topological polar surface area (TPSA) is 93.0 Å². The maximum atomic E-state index is 11.5. The van der Waals surface area contributed by atoms with Crippen LogP contribution in [0.1, 0.15) is 10.4 Å². The van der Waals surface area contributed by atoms with Gasteiger partial charge in [0.2, 0.25) is 0 Å². The number of nitrogens with zero attached hydrogens (tertiary/aromatic N) is 3. The Bertz CT molecular complexity index is 1440. The number of carbonyl (C=O) groups is 1. The molecule has 0 aliphatic carbocycles. The van der Waals surface area contributed by atoms with Gasteiger partial charge in [0, 0.05) is 18.6 Å². The second-order valence-corrected chi connectivity index (χ2v) is 7.17. The number of aromatic carboxylic acids is 1. The zero-order chi connectivity index (χ0) is 20.8. The third kappa shape index (κ3) is 2.87. The minimum Gasteiger partial charge on any atom is -0.478 e. The molecule has 2 aromatic carbocycles. The summed E-state index contributed by atoms with van der Waals surface area (Å²) < 4.78 is 7.76. The summed E-state index contributed by atoms with van der Waals surface area (Å²) in [6.45, 7) is 0. The van der Waals surface area contributed by atoms with E-state index in [1.807, 2.05) is 43.4 Å². The van der Waals surface area contributed by atoms with Crippen LogP contribution in [0.2, 0.25) is 5.02 Å². The lowest BCUT2D eigenvalue weighted by Crippen LogP contribution is -1.98. The van der Waals surface area contributed by atoms with E-state index in [1.165, 1.54) is 12.3 Å². The van der Waals surface area contributed by atoms with Crippen molar-refractivity contribution >= 4 is 39.5 Å². The Kier molecular flexibility index (Phi) is 4.18. The molecule has 5 rings (SSSR count). The molecule has 3 aromatic heterocycles. The van der Waals surface area contributed by atoms with E-state index in [4.69, 9.17) is 16.3 Å². The number of aromatic amines is 1. The first-order valence-electron chi connectivity index (χ1n) is 9.12. The van der Waals surface area contributed by atoms with E-state index in [0.717, 1.165) is 11.1 Å². The number of halogens is 1. The summed E-state index contributed by atoms with van der Waals surface area (Å²) in [5.41, 5.74) is 3.39. The first kappa shape index (κ1) is 18.2. The van der Waals surface area contributed by atoms with Crippen molar-refractivity contribution < 1.29 is 14.6 Å². The fourth-order valence-corrected chi connectivity index (χ4v) is 3.74. The highest BCUT2D eigenvalue weighted by molar-refractivity contribution is 6.32. The second kappa shape index (κ2) is 6.89. The molecule has 0 saturated carbocycles. The van der Waals surface area contributed by atoms with Gasteiger partial charge in [0.25, 0.3) is 0 Å². The van der Waals surface area contributed by atoms with E-state index in [2.05, 4.69) is 15.1 Å². The summed E-state index contributed by atoms with van der Waals surface area (Å²) in [7, 11) is 1.83. The van der Waals surface area contributed by atoms with E-state index in [-0.39, 0.29) is 5.56 Å². The Balaban J connectivity index is 1.67. The summed E-state index contributed by atoms with van der Waals surface area (Å²) in [4.78, 5) is 19.0. The Morgan fingerprint density at radius 2 is 1.93 bits per heavy atom. The van der Waals surface area contributed by atoms with Crippen molar-refractivity contribution in [2.24, 2.45) is 7.05 Å². The second-order valence-electron chi connectivity index (χ2n) is 6.76. The Hall–Kier alpha value is -3.84. The van der Waals surface area contributed by atoms with Crippen molar-refractivity contribution in [3.63, 3.8) is 0 Å². The highest BCUT2D eigenvalue weighted by Gasteiger charge is 2.19. The van der Waals surface area contributed by atoms with Gasteiger partial charge >= 0.3 is 5.97 Å². The number of para-hydroxylation sites is 1. The smallest absolute Gasteiger partial charge is 0.337 e. The zero-order valence-electron chi connectivity index (χ0n) is 15.8. The molecule has 5 aromatic rings. The molecule has 7 nitrogen and oxygen atoms in total. The van der Waals surface area contributed by atoms with Gasteiger partial charge in [0.1, 0.15) is 11.3 Å². The molecule has 30 heavy (non-hydrogen) atoms. The fourth-order valence-electron chi connectivity index (χ4n) is 3.57. The molecular weight excluding hydrogens is 404 g/mol. The number of benzene rings is 2. The van der Waals surface area contributed by atoms with Gasteiger partial charge in [-0.2, -0.15) is 5.10 Å². The molecule has 0 radical (unpaired) electrons. The number of pyridine rings is 1. The molecular formula is C22H15ClN4O3. The molecule has 0 atom stereocenters. The van der Waals surface area contributed by atoms with Crippen LogP contribution >= 0.6 is 11.6 Å². The predicted octanol–water partition coefficient (Wildman–Crippen LogP) is 5.26. The number of aromatic nitrogens is 4. The molecule has 0 amide bonds. The quantitative estimate of drug-likeness (QED) is 0.415. The lowest BCUT2D eigenvalue weighted by atomic mass is 10.1. The Morgan fingerprint density at radius 1 is 1.13 bits per heavy atom. The largest absolute Gasteiger partial charge is 0.478 e. The number of ether oxygens (including phenoxy) is 1. The highest BCUT2D eigenvalue weighted by Crippen LogP contribution is 2.37. The fraction of sp³-hybridized carbons (Fsp3) is 0.0455. The monoisotopic (exact) mass is 418 g/mol. The molecule has 0 fully saturated rings. The average Bonchev–Trinajstić information content (AvgIpc) is 3.29. The zero-order valence-corrected chi connectivity index (χ0v) is 16.5. The van der Waals surface area contributed by atoms with Crippen LogP contribution in [0.5, 0.6) is 11.5 Å². The molecule has 0 aliphatic rings. The van der Waals surface area contributed by atoms with E-state index < -0.39 is 5.97 Å². The number of aryl methyl sites for hydroxylation is 1. The molecule has 0 spiro atoms. The number of hydrogen-bond donors (Lipinski definition) is 2. The molecule has 0 bridgehead atoms. The number of carboxylic acid groups (broad SMARTS) is 1. The van der Waals surface area contributed by atoms with Crippen LogP contribution in [-0.4, -0.2) is 30.8 Å². The van der Waals surface area contributed by atoms with Crippen LogP contribution in [-0.2, 0) is 7.05 Å². The first-order chi connectivity index (χ1) is 14.5. The van der Waals surface area contributed by atoms with Gasteiger partial charge in [0.05, 0.1) is 33.0 Å². The number of nitrogens with one attached hydrogen (secondary N) is 1. The van der Waals surface area contributed by atoms with Crippen molar-refractivity contribution in [2.45, 2.75) is 0 Å². The van der Waals surface area contributed by atoms with Crippen LogP contribution in [0.3, 0.4) is 0 Å². The third-order valence-electron chi connectivity index (χ3n) is 4.89. The first-order valence-corrected chi connectivity index (χ1v) is 9.50. The van der Waals surface area contributed by atoms with Crippen molar-refractivity contribution in [1.82, 2.24) is 19.7 Å². The lowest BCUT2D eigenvalue weighted by molar-refractivity contribution is 0.0698. The highest BCUT2D eigenvalue weighted by atomic mass is 35.5. The Morgan fingerprint density at radius 3 is 2.73 bits per heavy atom. The SMILES string of the molecule is Cn1nc2c(Oc3ccccc3Cl)cccc2c1-c1cc2nccc(C(=O)O)c2[nH]1. The maximum Gasteiger partial charge on any atom is 0.337 e. The molecule has 8 heteroatoms. The molecule has 0 saturated heterocycles. The van der Waals surface area contributed by atoms with Crippen molar-refractivity contribution in [3.8, 4) is 22.9 Å². The standard InChI is InChI=1S/C22H15ClN4O3/c1-27-21(16-11-15-19(25-16)13(22(28)29)9-10-24-15)12-5-4-8-18(20(12)26-27)30-17-7-3-2-6-14(17)23/h2-11,25H,1H3,(H,28,29). The van der Waals surface area contributed by atoms with Gasteiger partial charge in [0.15, 0.2) is 5.75 Å². The van der Waals surface area contributed by atoms with Crippen LogP contribution in [0.4, 0.5) is 0 Å². The number of hydrogen-bond acceptors (Lipinski definition) is 4. The minimum absolute atomic E-state index is 0.167. The number of fused-ring (bicyclic) bond motifs is 2. The third-order valence-corrected chi connectivity index (χ3v) is 5.20. The molecule has 0 unspecified atom stereocenters. The van der Waals surface area contributed by atoms with Gasteiger partial charge in [-0.25, -0.2) is 4.79 Å². The van der Waals surface area contributed by atoms with Gasteiger partial charge in [-0.15, -0.1) is 0 Å². The molecule has 0 aliphatic heterocycles.